The molecule has 6 aromatic rings. The largest absolute Gasteiger partial charge is 0.338 e. The number of hydrogen-bond acceptors (Lipinski definition) is 5. The van der Waals surface area contributed by atoms with Gasteiger partial charge in [0.1, 0.15) is 17.2 Å². The summed E-state index contributed by atoms with van der Waals surface area (Å²) >= 11 is 0. The molecule has 1 amide bonds. The van der Waals surface area contributed by atoms with Crippen molar-refractivity contribution in [3.05, 3.63) is 79.1 Å². The van der Waals surface area contributed by atoms with Gasteiger partial charge >= 0.3 is 0 Å². The van der Waals surface area contributed by atoms with E-state index in [4.69, 9.17) is 0 Å². The molecule has 1 saturated carbocycles. The summed E-state index contributed by atoms with van der Waals surface area (Å²) in [6, 6.07) is 14.3. The monoisotopic (exact) mass is 489 g/mol. The van der Waals surface area contributed by atoms with Crippen molar-refractivity contribution in [2.75, 3.05) is 5.32 Å². The summed E-state index contributed by atoms with van der Waals surface area (Å²) in [6.07, 6.45) is 8.61. The summed E-state index contributed by atoms with van der Waals surface area (Å²) in [7, 11) is 0. The van der Waals surface area contributed by atoms with Crippen molar-refractivity contribution in [2.45, 2.75) is 12.8 Å². The molecular formula is C28H20FN7O. The van der Waals surface area contributed by atoms with E-state index in [1.54, 1.807) is 36.9 Å². The van der Waals surface area contributed by atoms with Gasteiger partial charge in [0.25, 0.3) is 0 Å². The van der Waals surface area contributed by atoms with Crippen molar-refractivity contribution >= 4 is 33.5 Å². The smallest absolute Gasteiger partial charge is 0.227 e. The molecule has 8 nitrogen and oxygen atoms in total. The first-order chi connectivity index (χ1) is 18.1. The normalized spacial score (nSPS) is 13.3. The van der Waals surface area contributed by atoms with Gasteiger partial charge in [-0.15, -0.1) is 0 Å². The molecule has 0 spiro atoms. The van der Waals surface area contributed by atoms with Crippen LogP contribution in [0.5, 0.6) is 0 Å². The van der Waals surface area contributed by atoms with Gasteiger partial charge in [-0.25, -0.2) is 9.37 Å². The molecule has 0 bridgehead atoms. The zero-order valence-corrected chi connectivity index (χ0v) is 19.5. The molecule has 0 aliphatic heterocycles. The van der Waals surface area contributed by atoms with Crippen LogP contribution >= 0.6 is 0 Å². The fourth-order valence-electron chi connectivity index (χ4n) is 4.59. The van der Waals surface area contributed by atoms with Gasteiger partial charge in [-0.3, -0.25) is 19.9 Å². The van der Waals surface area contributed by atoms with Crippen molar-refractivity contribution in [3.8, 4) is 33.8 Å². The maximum atomic E-state index is 14.6. The predicted octanol–water partition coefficient (Wildman–Crippen LogP) is 5.72. The molecule has 9 heteroatoms. The molecule has 7 rings (SSSR count). The highest BCUT2D eigenvalue weighted by molar-refractivity contribution is 6.00. The highest BCUT2D eigenvalue weighted by atomic mass is 19.1. The second kappa shape index (κ2) is 8.34. The van der Waals surface area contributed by atoms with Gasteiger partial charge in [0.2, 0.25) is 5.91 Å². The Morgan fingerprint density at radius 3 is 2.73 bits per heavy atom. The fraction of sp³-hybridized carbons (Fsp3) is 0.107. The standard InChI is InChI=1S/C28H20FN7O/c29-22-4-2-1-3-19(22)18-7-8-31-27-20(18)10-24(34-27)26-21-11-23(32-14-25(21)35-36-26)16-9-17(13-30-12-16)33-28(37)15-5-6-15/h1-4,7-15H,5-6H2,(H,31,34)(H,33,37)(H,35,36). The first kappa shape index (κ1) is 21.4. The number of pyridine rings is 3. The summed E-state index contributed by atoms with van der Waals surface area (Å²) in [6.45, 7) is 0. The minimum atomic E-state index is -0.289. The van der Waals surface area contributed by atoms with E-state index >= 15 is 0 Å². The summed E-state index contributed by atoms with van der Waals surface area (Å²) in [5.74, 6) is -0.152. The summed E-state index contributed by atoms with van der Waals surface area (Å²) < 4.78 is 14.6. The Labute approximate surface area is 210 Å². The average molecular weight is 490 g/mol. The Balaban J connectivity index is 1.29. The van der Waals surface area contributed by atoms with Gasteiger partial charge in [0.05, 0.1) is 35.0 Å². The Hall–Kier alpha value is -4.92. The summed E-state index contributed by atoms with van der Waals surface area (Å²) in [4.78, 5) is 28.8. The van der Waals surface area contributed by atoms with Crippen LogP contribution in [-0.4, -0.2) is 36.0 Å². The average Bonchev–Trinajstić information content (AvgIpc) is 3.55. The quantitative estimate of drug-likeness (QED) is 0.287. The van der Waals surface area contributed by atoms with Gasteiger partial charge in [-0.2, -0.15) is 5.10 Å². The number of benzene rings is 1. The van der Waals surface area contributed by atoms with E-state index in [-0.39, 0.29) is 17.6 Å². The van der Waals surface area contributed by atoms with Crippen LogP contribution in [0.25, 0.3) is 55.7 Å². The van der Waals surface area contributed by atoms with Crippen LogP contribution in [0.1, 0.15) is 12.8 Å². The number of nitrogens with one attached hydrogen (secondary N) is 3. The highest BCUT2D eigenvalue weighted by Crippen LogP contribution is 2.35. The number of carbonyl (C=O) groups is 1. The lowest BCUT2D eigenvalue weighted by atomic mass is 10.0. The molecule has 0 saturated heterocycles. The van der Waals surface area contributed by atoms with E-state index in [1.807, 2.05) is 30.3 Å². The molecule has 0 unspecified atom stereocenters. The number of nitrogens with zero attached hydrogens (tertiary/aromatic N) is 4. The summed E-state index contributed by atoms with van der Waals surface area (Å²) in [5, 5.41) is 12.2. The lowest BCUT2D eigenvalue weighted by molar-refractivity contribution is -0.117. The van der Waals surface area contributed by atoms with Crippen LogP contribution in [0.15, 0.2) is 73.3 Å². The van der Waals surface area contributed by atoms with Gasteiger partial charge in [-0.1, -0.05) is 18.2 Å². The highest BCUT2D eigenvalue weighted by Gasteiger charge is 2.29. The number of amides is 1. The molecule has 3 N–H and O–H groups in total. The second-order valence-electron chi connectivity index (χ2n) is 9.20. The van der Waals surface area contributed by atoms with Crippen LogP contribution < -0.4 is 5.32 Å². The number of rotatable bonds is 5. The Morgan fingerprint density at radius 1 is 0.973 bits per heavy atom. The van der Waals surface area contributed by atoms with E-state index < -0.39 is 0 Å². The molecule has 37 heavy (non-hydrogen) atoms. The van der Waals surface area contributed by atoms with E-state index in [1.165, 1.54) is 6.07 Å². The molecule has 1 aliphatic rings. The lowest BCUT2D eigenvalue weighted by Crippen LogP contribution is -2.13. The number of fused-ring (bicyclic) bond motifs is 2. The number of aromatic amines is 2. The molecule has 180 valence electrons. The predicted molar refractivity (Wildman–Crippen MR) is 139 cm³/mol. The Kier molecular flexibility index (Phi) is 4.81. The van der Waals surface area contributed by atoms with E-state index in [2.05, 4.69) is 35.5 Å². The van der Waals surface area contributed by atoms with E-state index in [9.17, 15) is 9.18 Å². The van der Waals surface area contributed by atoms with Crippen molar-refractivity contribution in [3.63, 3.8) is 0 Å². The van der Waals surface area contributed by atoms with E-state index in [0.717, 1.165) is 46.0 Å². The van der Waals surface area contributed by atoms with Crippen molar-refractivity contribution in [1.29, 1.82) is 0 Å². The van der Waals surface area contributed by atoms with Gasteiger partial charge < -0.3 is 10.3 Å². The van der Waals surface area contributed by atoms with E-state index in [0.29, 0.717) is 28.3 Å². The third-order valence-electron chi connectivity index (χ3n) is 6.65. The number of aromatic nitrogens is 6. The first-order valence-electron chi connectivity index (χ1n) is 12.0. The molecule has 1 aromatic carbocycles. The number of hydrogen-bond donors (Lipinski definition) is 3. The maximum Gasteiger partial charge on any atom is 0.227 e. The molecule has 5 heterocycles. The van der Waals surface area contributed by atoms with Crippen LogP contribution in [0.4, 0.5) is 10.1 Å². The molecule has 1 fully saturated rings. The summed E-state index contributed by atoms with van der Waals surface area (Å²) in [5.41, 5.74) is 6.25. The molecule has 0 atom stereocenters. The number of halogens is 1. The van der Waals surface area contributed by atoms with Gasteiger partial charge in [0, 0.05) is 40.2 Å². The first-order valence-corrected chi connectivity index (χ1v) is 12.0. The SMILES string of the molecule is O=C(Nc1cncc(-c2cc3c(-c4cc5c(-c6ccccc6F)ccnc5[nH]4)n[nH]c3cn2)c1)C1CC1. The Morgan fingerprint density at radius 2 is 1.86 bits per heavy atom. The third kappa shape index (κ3) is 3.81. The Bertz CT molecular complexity index is 1820. The van der Waals surface area contributed by atoms with Crippen LogP contribution in [0.2, 0.25) is 0 Å². The number of H-pyrrole nitrogens is 2. The number of carbonyl (C=O) groups excluding carboxylic acids is 1. The molecule has 5 aromatic heterocycles. The van der Waals surface area contributed by atoms with Crippen LogP contribution in [0, 0.1) is 11.7 Å². The van der Waals surface area contributed by atoms with Crippen molar-refractivity contribution < 1.29 is 9.18 Å². The van der Waals surface area contributed by atoms with Crippen molar-refractivity contribution in [2.24, 2.45) is 5.92 Å². The number of anilines is 1. The van der Waals surface area contributed by atoms with Crippen LogP contribution in [0.3, 0.4) is 0 Å². The van der Waals surface area contributed by atoms with Gasteiger partial charge in [0.15, 0.2) is 0 Å². The minimum absolute atomic E-state index is 0.0293. The van der Waals surface area contributed by atoms with Crippen molar-refractivity contribution in [1.82, 2.24) is 30.1 Å². The molecule has 0 radical (unpaired) electrons. The third-order valence-corrected chi connectivity index (χ3v) is 6.65. The second-order valence-corrected chi connectivity index (χ2v) is 9.20. The molecular weight excluding hydrogens is 469 g/mol. The van der Waals surface area contributed by atoms with Crippen LogP contribution in [-0.2, 0) is 4.79 Å². The zero-order valence-electron chi connectivity index (χ0n) is 19.5. The fourth-order valence-corrected chi connectivity index (χ4v) is 4.59. The lowest BCUT2D eigenvalue weighted by Gasteiger charge is -2.06. The molecule has 1 aliphatic carbocycles. The zero-order chi connectivity index (χ0) is 24.9. The maximum absolute atomic E-state index is 14.6. The minimum Gasteiger partial charge on any atom is -0.338 e. The topological polar surface area (TPSA) is 112 Å². The van der Waals surface area contributed by atoms with Gasteiger partial charge in [-0.05, 0) is 48.7 Å².